The van der Waals surface area contributed by atoms with Crippen LogP contribution in [-0.4, -0.2) is 19.1 Å². The van der Waals surface area contributed by atoms with Gasteiger partial charge in [-0.15, -0.1) is 0 Å². The fourth-order valence-corrected chi connectivity index (χ4v) is 5.98. The molecule has 1 aliphatic carbocycles. The molecule has 0 amide bonds. The fraction of sp³-hybridized carbons (Fsp3) is 0.345. The predicted octanol–water partition coefficient (Wildman–Crippen LogP) is 5.60. The number of halogens is 1. The van der Waals surface area contributed by atoms with E-state index < -0.39 is 0 Å². The quantitative estimate of drug-likeness (QED) is 0.209. The second-order valence-electron chi connectivity index (χ2n) is 9.23. The Balaban J connectivity index is 1.37. The highest BCUT2D eigenvalue weighted by Crippen LogP contribution is 2.27. The monoisotopic (exact) mass is 502 g/mol. The second kappa shape index (κ2) is 11.2. The van der Waals surface area contributed by atoms with Crippen molar-refractivity contribution in [3.63, 3.8) is 0 Å². The molecule has 0 aliphatic heterocycles. The van der Waals surface area contributed by atoms with Gasteiger partial charge in [-0.2, -0.15) is 4.98 Å². The van der Waals surface area contributed by atoms with Gasteiger partial charge in [0.25, 0.3) is 5.56 Å². The van der Waals surface area contributed by atoms with E-state index in [0.29, 0.717) is 17.5 Å². The van der Waals surface area contributed by atoms with Gasteiger partial charge in [0.05, 0.1) is 6.54 Å². The molecule has 2 aromatic heterocycles. The van der Waals surface area contributed by atoms with Crippen molar-refractivity contribution < 1.29 is 4.39 Å². The second-order valence-corrected chi connectivity index (χ2v) is 10.2. The molecule has 0 radical (unpaired) electrons. The molecule has 0 saturated carbocycles. The highest BCUT2D eigenvalue weighted by molar-refractivity contribution is 7.98. The van der Waals surface area contributed by atoms with Crippen molar-refractivity contribution in [3.05, 3.63) is 111 Å². The largest absolute Gasteiger partial charge is 0.331 e. The normalized spacial score (nSPS) is 12.7. The van der Waals surface area contributed by atoms with Crippen LogP contribution in [0, 0.1) is 5.82 Å². The number of aromatic nitrogens is 4. The Hall–Kier alpha value is -3.19. The third-order valence-electron chi connectivity index (χ3n) is 6.86. The van der Waals surface area contributed by atoms with Crippen molar-refractivity contribution >= 4 is 11.8 Å². The van der Waals surface area contributed by atoms with E-state index in [1.807, 2.05) is 6.20 Å². The van der Waals surface area contributed by atoms with Crippen molar-refractivity contribution in [2.75, 3.05) is 0 Å². The highest BCUT2D eigenvalue weighted by atomic mass is 32.2. The molecule has 36 heavy (non-hydrogen) atoms. The maximum Gasteiger partial charge on any atom is 0.277 e. The summed E-state index contributed by atoms with van der Waals surface area (Å²) >= 11 is 1.53. The summed E-state index contributed by atoms with van der Waals surface area (Å²) in [7, 11) is 0. The van der Waals surface area contributed by atoms with E-state index in [0.717, 1.165) is 67.7 Å². The smallest absolute Gasteiger partial charge is 0.277 e. The molecule has 0 unspecified atom stereocenters. The van der Waals surface area contributed by atoms with Crippen molar-refractivity contribution in [2.45, 2.75) is 69.4 Å². The molecule has 5 nitrogen and oxygen atoms in total. The standard InChI is InChI=1S/C29H31FN4OS/c1-2-33-24(11-6-10-21-8-4-3-5-9-21)18-31-27(33)19-34-26-13-7-12-25(26)28(35)32-29(34)36-20-22-14-16-23(30)17-15-22/h3-5,8-9,14-18H,2,6-7,10-13,19-20H2,1H3. The van der Waals surface area contributed by atoms with Gasteiger partial charge in [0, 0.05) is 35.4 Å². The van der Waals surface area contributed by atoms with Gasteiger partial charge in [0.1, 0.15) is 11.6 Å². The van der Waals surface area contributed by atoms with E-state index in [-0.39, 0.29) is 11.4 Å². The first-order valence-electron chi connectivity index (χ1n) is 12.7. The van der Waals surface area contributed by atoms with Crippen LogP contribution in [0.5, 0.6) is 0 Å². The van der Waals surface area contributed by atoms with E-state index in [1.54, 1.807) is 12.1 Å². The van der Waals surface area contributed by atoms with Gasteiger partial charge in [-0.3, -0.25) is 4.79 Å². The molecule has 0 atom stereocenters. The Morgan fingerprint density at radius 2 is 1.78 bits per heavy atom. The summed E-state index contributed by atoms with van der Waals surface area (Å²) in [6.45, 7) is 3.60. The van der Waals surface area contributed by atoms with Crippen LogP contribution in [0.15, 0.2) is 70.7 Å². The molecule has 1 aliphatic rings. The summed E-state index contributed by atoms with van der Waals surface area (Å²) in [6, 6.07) is 17.1. The molecule has 4 aromatic rings. The van der Waals surface area contributed by atoms with Crippen LogP contribution in [0.4, 0.5) is 4.39 Å². The minimum atomic E-state index is -0.248. The van der Waals surface area contributed by atoms with Gasteiger partial charge in [-0.25, -0.2) is 9.37 Å². The zero-order valence-electron chi connectivity index (χ0n) is 20.6. The van der Waals surface area contributed by atoms with Gasteiger partial charge in [-0.1, -0.05) is 54.2 Å². The molecule has 2 aromatic carbocycles. The number of rotatable bonds is 10. The third-order valence-corrected chi connectivity index (χ3v) is 7.91. The summed E-state index contributed by atoms with van der Waals surface area (Å²) in [6.07, 6.45) is 7.75. The van der Waals surface area contributed by atoms with Crippen molar-refractivity contribution in [1.82, 2.24) is 19.1 Å². The van der Waals surface area contributed by atoms with Crippen LogP contribution in [0.1, 0.15) is 53.7 Å². The number of hydrogen-bond donors (Lipinski definition) is 0. The lowest BCUT2D eigenvalue weighted by molar-refractivity contribution is 0.566. The van der Waals surface area contributed by atoms with Crippen molar-refractivity contribution in [2.24, 2.45) is 0 Å². The highest BCUT2D eigenvalue weighted by Gasteiger charge is 2.23. The summed E-state index contributed by atoms with van der Waals surface area (Å²) in [5.41, 5.74) is 5.43. The zero-order valence-corrected chi connectivity index (χ0v) is 21.4. The molecule has 0 N–H and O–H groups in total. The maximum absolute atomic E-state index is 13.3. The molecule has 186 valence electrons. The molecular formula is C29H31FN4OS. The van der Waals surface area contributed by atoms with Crippen LogP contribution in [0.25, 0.3) is 0 Å². The molecule has 2 heterocycles. The summed E-state index contributed by atoms with van der Waals surface area (Å²) in [4.78, 5) is 22.0. The SMILES string of the molecule is CCn1c(CCCc2ccccc2)cnc1Cn1c(SCc2ccc(F)cc2)nc(=O)c2c1CCC2. The summed E-state index contributed by atoms with van der Waals surface area (Å²) in [5.74, 6) is 1.37. The first-order valence-corrected chi connectivity index (χ1v) is 13.7. The van der Waals surface area contributed by atoms with Gasteiger partial charge in [-0.05, 0) is 68.7 Å². The van der Waals surface area contributed by atoms with Gasteiger partial charge in [0.15, 0.2) is 5.16 Å². The maximum atomic E-state index is 13.3. The van der Waals surface area contributed by atoms with Gasteiger partial charge >= 0.3 is 0 Å². The molecule has 0 bridgehead atoms. The lowest BCUT2D eigenvalue weighted by Gasteiger charge is -2.18. The van der Waals surface area contributed by atoms with E-state index in [1.165, 1.54) is 35.2 Å². The topological polar surface area (TPSA) is 52.7 Å². The molecule has 5 rings (SSSR count). The number of nitrogens with zero attached hydrogens (tertiary/aromatic N) is 4. The van der Waals surface area contributed by atoms with E-state index in [2.05, 4.69) is 51.4 Å². The Labute approximate surface area is 215 Å². The number of aryl methyl sites for hydroxylation is 2. The lowest BCUT2D eigenvalue weighted by atomic mass is 10.1. The Kier molecular flexibility index (Phi) is 7.66. The van der Waals surface area contributed by atoms with E-state index in [4.69, 9.17) is 4.98 Å². The predicted molar refractivity (Wildman–Crippen MR) is 142 cm³/mol. The minimum Gasteiger partial charge on any atom is -0.331 e. The molecule has 0 saturated heterocycles. The van der Waals surface area contributed by atoms with Crippen LogP contribution >= 0.6 is 11.8 Å². The average Bonchev–Trinajstić information content (AvgIpc) is 3.54. The van der Waals surface area contributed by atoms with Gasteiger partial charge < -0.3 is 9.13 Å². The first kappa shape index (κ1) is 24.5. The molecule has 7 heteroatoms. The van der Waals surface area contributed by atoms with Gasteiger partial charge in [0.2, 0.25) is 0 Å². The molecular weight excluding hydrogens is 471 g/mol. The number of imidazole rings is 1. The lowest BCUT2D eigenvalue weighted by Crippen LogP contribution is -2.23. The zero-order chi connectivity index (χ0) is 24.9. The Morgan fingerprint density at radius 3 is 2.56 bits per heavy atom. The third kappa shape index (κ3) is 5.46. The molecule has 0 fully saturated rings. The number of benzene rings is 2. The number of fused-ring (bicyclic) bond motifs is 1. The van der Waals surface area contributed by atoms with Crippen molar-refractivity contribution in [3.8, 4) is 0 Å². The summed E-state index contributed by atoms with van der Waals surface area (Å²) < 4.78 is 17.8. The van der Waals surface area contributed by atoms with E-state index >= 15 is 0 Å². The average molecular weight is 503 g/mol. The van der Waals surface area contributed by atoms with Crippen LogP contribution in [-0.2, 0) is 44.5 Å². The van der Waals surface area contributed by atoms with E-state index in [9.17, 15) is 9.18 Å². The molecule has 0 spiro atoms. The first-order chi connectivity index (χ1) is 17.6. The summed E-state index contributed by atoms with van der Waals surface area (Å²) in [5, 5.41) is 0.709. The number of thioether (sulfide) groups is 1. The Bertz CT molecular complexity index is 1380. The van der Waals surface area contributed by atoms with Crippen molar-refractivity contribution in [1.29, 1.82) is 0 Å². The van der Waals surface area contributed by atoms with Crippen LogP contribution < -0.4 is 5.56 Å². The minimum absolute atomic E-state index is 0.110. The Morgan fingerprint density at radius 1 is 0.972 bits per heavy atom. The fourth-order valence-electron chi connectivity index (χ4n) is 5.01. The van der Waals surface area contributed by atoms with Crippen LogP contribution in [0.2, 0.25) is 0 Å². The van der Waals surface area contributed by atoms with Crippen LogP contribution in [0.3, 0.4) is 0 Å². The number of hydrogen-bond acceptors (Lipinski definition) is 4.